The van der Waals surface area contributed by atoms with E-state index in [-0.39, 0.29) is 11.9 Å². The van der Waals surface area contributed by atoms with Crippen LogP contribution in [0.25, 0.3) is 0 Å². The second-order valence-corrected chi connectivity index (χ2v) is 4.63. The van der Waals surface area contributed by atoms with E-state index in [2.05, 4.69) is 5.32 Å². The van der Waals surface area contributed by atoms with Crippen LogP contribution in [0.1, 0.15) is 23.6 Å². The second-order valence-electron chi connectivity index (χ2n) is 4.63. The number of anilines is 1. The number of nitrogens with one attached hydrogen (secondary N) is 1. The highest BCUT2D eigenvalue weighted by Gasteiger charge is 2.22. The zero-order chi connectivity index (χ0) is 12.5. The first-order chi connectivity index (χ1) is 8.72. The number of aryl methyl sites for hydroxylation is 1. The maximum Gasteiger partial charge on any atom is 0.123 e. The van der Waals surface area contributed by atoms with Gasteiger partial charge < -0.3 is 10.4 Å². The molecule has 0 saturated heterocycles. The minimum atomic E-state index is -0.225. The molecule has 0 radical (unpaired) electrons. The first-order valence-electron chi connectivity index (χ1n) is 6.06. The van der Waals surface area contributed by atoms with Crippen molar-refractivity contribution < 1.29 is 9.50 Å². The summed E-state index contributed by atoms with van der Waals surface area (Å²) in [5, 5.41) is 12.8. The van der Waals surface area contributed by atoms with Gasteiger partial charge in [0.05, 0.1) is 6.04 Å². The van der Waals surface area contributed by atoms with Gasteiger partial charge in [-0.2, -0.15) is 0 Å². The monoisotopic (exact) mass is 243 g/mol. The van der Waals surface area contributed by atoms with Crippen molar-refractivity contribution in [3.63, 3.8) is 0 Å². The molecule has 0 bridgehead atoms. The van der Waals surface area contributed by atoms with Crippen LogP contribution in [-0.2, 0) is 6.42 Å². The molecular formula is C15H14FNO. The Balaban J connectivity index is 1.82. The van der Waals surface area contributed by atoms with Crippen LogP contribution in [0.2, 0.25) is 0 Å². The molecule has 1 atom stereocenters. The number of fused-ring (bicyclic) bond motifs is 1. The van der Waals surface area contributed by atoms with Crippen molar-refractivity contribution in [2.75, 3.05) is 5.32 Å². The number of hydrogen-bond acceptors (Lipinski definition) is 2. The van der Waals surface area contributed by atoms with Crippen LogP contribution >= 0.6 is 0 Å². The van der Waals surface area contributed by atoms with E-state index in [0.717, 1.165) is 18.5 Å². The lowest BCUT2D eigenvalue weighted by Gasteiger charge is -2.15. The van der Waals surface area contributed by atoms with Crippen molar-refractivity contribution in [1.29, 1.82) is 0 Å². The third-order valence-corrected chi connectivity index (χ3v) is 3.39. The fourth-order valence-electron chi connectivity index (χ4n) is 2.50. The minimum Gasteiger partial charge on any atom is -0.508 e. The summed E-state index contributed by atoms with van der Waals surface area (Å²) in [5.41, 5.74) is 3.33. The molecule has 3 rings (SSSR count). The van der Waals surface area contributed by atoms with Gasteiger partial charge >= 0.3 is 0 Å². The van der Waals surface area contributed by atoms with Gasteiger partial charge in [0.25, 0.3) is 0 Å². The first kappa shape index (κ1) is 11.1. The summed E-state index contributed by atoms with van der Waals surface area (Å²) in [6.45, 7) is 0. The summed E-state index contributed by atoms with van der Waals surface area (Å²) in [5.74, 6) is 0.0912. The highest BCUT2D eigenvalue weighted by Crippen LogP contribution is 2.35. The van der Waals surface area contributed by atoms with E-state index in [0.29, 0.717) is 5.75 Å². The molecule has 0 aromatic heterocycles. The van der Waals surface area contributed by atoms with Gasteiger partial charge in [0, 0.05) is 5.69 Å². The third kappa shape index (κ3) is 2.04. The topological polar surface area (TPSA) is 32.3 Å². The number of phenols is 1. The molecular weight excluding hydrogens is 229 g/mol. The Hall–Kier alpha value is -2.03. The quantitative estimate of drug-likeness (QED) is 0.844. The van der Waals surface area contributed by atoms with Crippen molar-refractivity contribution in [2.45, 2.75) is 18.9 Å². The van der Waals surface area contributed by atoms with Gasteiger partial charge in [0.2, 0.25) is 0 Å². The summed E-state index contributed by atoms with van der Waals surface area (Å²) < 4.78 is 12.8. The van der Waals surface area contributed by atoms with E-state index in [4.69, 9.17) is 0 Å². The van der Waals surface area contributed by atoms with Crippen LogP contribution in [0.4, 0.5) is 10.1 Å². The van der Waals surface area contributed by atoms with Crippen LogP contribution < -0.4 is 5.32 Å². The van der Waals surface area contributed by atoms with E-state index >= 15 is 0 Å². The molecule has 3 heteroatoms. The lowest BCUT2D eigenvalue weighted by Crippen LogP contribution is -2.06. The highest BCUT2D eigenvalue weighted by molar-refractivity contribution is 5.49. The molecule has 18 heavy (non-hydrogen) atoms. The molecule has 2 nitrogen and oxygen atoms in total. The Labute approximate surface area is 105 Å². The smallest absolute Gasteiger partial charge is 0.123 e. The zero-order valence-electron chi connectivity index (χ0n) is 9.86. The largest absolute Gasteiger partial charge is 0.508 e. The summed E-state index contributed by atoms with van der Waals surface area (Å²) in [4.78, 5) is 0. The molecule has 0 saturated carbocycles. The molecule has 0 fully saturated rings. The number of hydrogen-bond donors (Lipinski definition) is 2. The van der Waals surface area contributed by atoms with E-state index in [9.17, 15) is 9.50 Å². The molecule has 0 spiro atoms. The average molecular weight is 243 g/mol. The molecule has 0 aliphatic heterocycles. The third-order valence-electron chi connectivity index (χ3n) is 3.39. The second kappa shape index (κ2) is 4.33. The number of phenolic OH excluding ortho intramolecular Hbond substituents is 1. The fourth-order valence-corrected chi connectivity index (χ4v) is 2.50. The van der Waals surface area contributed by atoms with E-state index in [1.165, 1.54) is 23.3 Å². The molecule has 1 aliphatic rings. The summed E-state index contributed by atoms with van der Waals surface area (Å²) in [6.07, 6.45) is 1.96. The molecule has 92 valence electrons. The summed E-state index contributed by atoms with van der Waals surface area (Å²) >= 11 is 0. The van der Waals surface area contributed by atoms with Crippen molar-refractivity contribution in [2.24, 2.45) is 0 Å². The van der Waals surface area contributed by atoms with Crippen molar-refractivity contribution in [3.8, 4) is 5.75 Å². The Morgan fingerprint density at radius 1 is 1.11 bits per heavy atom. The van der Waals surface area contributed by atoms with Gasteiger partial charge in [-0.05, 0) is 60.4 Å². The van der Waals surface area contributed by atoms with Gasteiger partial charge in [-0.3, -0.25) is 0 Å². The van der Waals surface area contributed by atoms with E-state index in [1.54, 1.807) is 18.2 Å². The predicted molar refractivity (Wildman–Crippen MR) is 69.2 cm³/mol. The SMILES string of the molecule is Oc1ccc2c(c1)CCC2Nc1ccc(F)cc1. The zero-order valence-corrected chi connectivity index (χ0v) is 9.86. The molecule has 2 N–H and O–H groups in total. The van der Waals surface area contributed by atoms with E-state index < -0.39 is 0 Å². The fraction of sp³-hybridized carbons (Fsp3) is 0.200. The predicted octanol–water partition coefficient (Wildman–Crippen LogP) is 3.63. The van der Waals surface area contributed by atoms with Gasteiger partial charge in [0.1, 0.15) is 11.6 Å². The van der Waals surface area contributed by atoms with Crippen molar-refractivity contribution >= 4 is 5.69 Å². The summed E-state index contributed by atoms with van der Waals surface area (Å²) in [7, 11) is 0. The maximum atomic E-state index is 12.8. The normalized spacial score (nSPS) is 17.5. The molecule has 0 heterocycles. The molecule has 0 amide bonds. The molecule has 1 unspecified atom stereocenters. The average Bonchev–Trinajstić information content (AvgIpc) is 2.74. The van der Waals surface area contributed by atoms with Gasteiger partial charge in [-0.25, -0.2) is 4.39 Å². The molecule has 1 aliphatic carbocycles. The van der Waals surface area contributed by atoms with Crippen LogP contribution in [-0.4, -0.2) is 5.11 Å². The minimum absolute atomic E-state index is 0.225. The number of aromatic hydroxyl groups is 1. The van der Waals surface area contributed by atoms with Gasteiger partial charge in [-0.1, -0.05) is 6.07 Å². The number of benzene rings is 2. The first-order valence-corrected chi connectivity index (χ1v) is 6.06. The Kier molecular flexibility index (Phi) is 2.67. The highest BCUT2D eigenvalue weighted by atomic mass is 19.1. The van der Waals surface area contributed by atoms with E-state index in [1.807, 2.05) is 12.1 Å². The van der Waals surface area contributed by atoms with Crippen LogP contribution in [0.5, 0.6) is 5.75 Å². The molecule has 2 aromatic carbocycles. The maximum absolute atomic E-state index is 12.8. The lowest BCUT2D eigenvalue weighted by atomic mass is 10.1. The van der Waals surface area contributed by atoms with Gasteiger partial charge in [0.15, 0.2) is 0 Å². The standard InChI is InChI=1S/C15H14FNO/c16-11-2-4-12(5-3-11)17-15-8-1-10-9-13(18)6-7-14(10)15/h2-7,9,15,17-18H,1,8H2. The van der Waals surface area contributed by atoms with Crippen LogP contribution in [0, 0.1) is 5.82 Å². The summed E-state index contributed by atoms with van der Waals surface area (Å²) in [6, 6.07) is 12.1. The Bertz CT molecular complexity index is 565. The number of rotatable bonds is 2. The van der Waals surface area contributed by atoms with Crippen molar-refractivity contribution in [1.82, 2.24) is 0 Å². The Morgan fingerprint density at radius 2 is 1.89 bits per heavy atom. The number of halogens is 1. The van der Waals surface area contributed by atoms with Crippen LogP contribution in [0.15, 0.2) is 42.5 Å². The molecule has 2 aromatic rings. The van der Waals surface area contributed by atoms with Gasteiger partial charge in [-0.15, -0.1) is 0 Å². The Morgan fingerprint density at radius 3 is 2.67 bits per heavy atom. The lowest BCUT2D eigenvalue weighted by molar-refractivity contribution is 0.474. The van der Waals surface area contributed by atoms with Crippen molar-refractivity contribution in [3.05, 3.63) is 59.4 Å². The van der Waals surface area contributed by atoms with Crippen LogP contribution in [0.3, 0.4) is 0 Å².